The number of fused-ring (bicyclic) bond motifs is 2. The Bertz CT molecular complexity index is 2880. The number of aromatic nitrogens is 4. The number of hydrogen-bond acceptors (Lipinski definition) is 11. The number of ketones is 2. The summed E-state index contributed by atoms with van der Waals surface area (Å²) in [4.78, 5) is 48.1. The Morgan fingerprint density at radius 3 is 1.62 bits per heavy atom. The van der Waals surface area contributed by atoms with E-state index in [1.165, 1.54) is 50.9 Å². The second-order valence-corrected chi connectivity index (χ2v) is 18.9. The first-order valence-electron chi connectivity index (χ1n) is 22.4. The molecule has 0 atom stereocenters. The van der Waals surface area contributed by atoms with Gasteiger partial charge >= 0.3 is 19.3 Å². The third-order valence-electron chi connectivity index (χ3n) is 11.8. The molecule has 3 aliphatic rings. The Hall–Kier alpha value is -6.92. The predicted molar refractivity (Wildman–Crippen MR) is 242 cm³/mol. The number of carbonyl (C=O) groups is 3. The third kappa shape index (κ3) is 11.5. The van der Waals surface area contributed by atoms with E-state index in [0.29, 0.717) is 59.3 Å². The Morgan fingerprint density at radius 1 is 0.710 bits per heavy atom. The fourth-order valence-electron chi connectivity index (χ4n) is 8.21. The molecule has 0 N–H and O–H groups in total. The van der Waals surface area contributed by atoms with Gasteiger partial charge in [-0.25, -0.2) is 19.2 Å². The molecule has 4 aromatic heterocycles. The maximum Gasteiger partial charge on any atom is 0.410 e. The molecule has 2 saturated carbocycles. The number of hydrogen-bond donors (Lipinski definition) is 0. The lowest BCUT2D eigenvalue weighted by atomic mass is 9.83. The molecule has 0 bridgehead atoms. The SMILES string of the molecule is COc1cc(-c2cnc3cc(F)ccn23)cc(OC(F)F)c1C(=O)CC1CC1.COc1cc(-c2cnc3cc(OCC4(C)CN(C(=O)OC(C)(C)C)C4)ccn23)cc(OC(F)F)c1C(=O)CC1CC1. The first-order chi connectivity index (χ1) is 32.8. The first kappa shape index (κ1) is 48.5. The van der Waals surface area contributed by atoms with Gasteiger partial charge in [0.05, 0.1) is 44.6 Å². The predicted octanol–water partition coefficient (Wildman–Crippen LogP) is 11.0. The van der Waals surface area contributed by atoms with Crippen LogP contribution in [-0.2, 0) is 4.74 Å². The van der Waals surface area contributed by atoms with Crippen LogP contribution in [-0.4, -0.2) is 94.1 Å². The number of methoxy groups -OCH3 is 2. The van der Waals surface area contributed by atoms with Gasteiger partial charge in [-0.1, -0.05) is 6.92 Å². The molecule has 3 fully saturated rings. The van der Waals surface area contributed by atoms with Gasteiger partial charge < -0.3 is 33.3 Å². The number of pyridine rings is 2. The number of rotatable bonds is 17. The molecule has 366 valence electrons. The topological polar surface area (TPSA) is 144 Å². The van der Waals surface area contributed by atoms with E-state index in [2.05, 4.69) is 14.7 Å². The molecule has 0 spiro atoms. The summed E-state index contributed by atoms with van der Waals surface area (Å²) in [5, 5.41) is 0. The molecule has 14 nitrogen and oxygen atoms in total. The van der Waals surface area contributed by atoms with Crippen LogP contribution in [0.5, 0.6) is 28.7 Å². The largest absolute Gasteiger partial charge is 0.496 e. The van der Waals surface area contributed by atoms with Crippen molar-refractivity contribution in [3.05, 3.63) is 90.3 Å². The van der Waals surface area contributed by atoms with E-state index in [1.807, 2.05) is 27.7 Å². The standard InChI is InChI=1S/C30H35F2N3O6.C20H17F3N2O3/c1-29(2,3)41-28(37)34-15-30(4,16-34)17-39-20-8-9-35-21(14-33-25(35)13-20)19-11-23(38-5)26(22(36)10-18-6-7-18)24(12-19)40-27(31)32;1-27-16-7-12(14-10-24-18-9-13(21)4-5-25(14)18)8-17(28-20(22)23)19(16)15(26)6-11-2-3-11/h8-9,11-14,18,27H,6-7,10,15-17H2,1-5H3;4-5,7-11,20H,2-3,6H2,1H3. The van der Waals surface area contributed by atoms with E-state index in [-0.39, 0.29) is 81.9 Å². The Kier molecular flexibility index (Phi) is 13.8. The zero-order valence-corrected chi connectivity index (χ0v) is 38.9. The van der Waals surface area contributed by atoms with Gasteiger partial charge in [0.1, 0.15) is 62.6 Å². The number of halogens is 5. The summed E-state index contributed by atoms with van der Waals surface area (Å²) >= 11 is 0. The number of ether oxygens (including phenoxy) is 6. The second-order valence-electron chi connectivity index (χ2n) is 18.9. The van der Waals surface area contributed by atoms with Crippen LogP contribution in [0, 0.1) is 23.1 Å². The quantitative estimate of drug-likeness (QED) is 0.0636. The molecular weight excluding hydrogens is 910 g/mol. The maximum absolute atomic E-state index is 13.4. The van der Waals surface area contributed by atoms with Crippen molar-refractivity contribution >= 4 is 29.0 Å². The number of benzene rings is 2. The molecule has 69 heavy (non-hydrogen) atoms. The van der Waals surface area contributed by atoms with Crippen LogP contribution in [0.15, 0.2) is 73.3 Å². The van der Waals surface area contributed by atoms with Gasteiger partial charge in [-0.3, -0.25) is 18.4 Å². The van der Waals surface area contributed by atoms with Crippen molar-refractivity contribution in [2.24, 2.45) is 17.3 Å². The van der Waals surface area contributed by atoms with Crippen LogP contribution in [0.4, 0.5) is 26.7 Å². The number of amides is 1. The molecule has 19 heteroatoms. The van der Waals surface area contributed by atoms with Crippen molar-refractivity contribution in [3.8, 4) is 51.3 Å². The molecule has 1 amide bonds. The fraction of sp³-hybridized carbons (Fsp3) is 0.420. The summed E-state index contributed by atoms with van der Waals surface area (Å²) in [5.74, 6) is 0.0154. The number of alkyl halides is 4. The van der Waals surface area contributed by atoms with Gasteiger partial charge in [0, 0.05) is 67.0 Å². The van der Waals surface area contributed by atoms with Crippen molar-refractivity contribution in [2.45, 2.75) is 85.0 Å². The molecule has 2 aromatic carbocycles. The third-order valence-corrected chi connectivity index (χ3v) is 11.8. The minimum atomic E-state index is -3.10. The summed E-state index contributed by atoms with van der Waals surface area (Å²) < 4.78 is 101. The van der Waals surface area contributed by atoms with Gasteiger partial charge in [-0.15, -0.1) is 0 Å². The molecule has 9 rings (SSSR count). The van der Waals surface area contributed by atoms with E-state index in [4.69, 9.17) is 23.7 Å². The van der Waals surface area contributed by atoms with E-state index in [9.17, 15) is 36.3 Å². The van der Waals surface area contributed by atoms with Crippen molar-refractivity contribution < 1.29 is 64.8 Å². The molecule has 0 unspecified atom stereocenters. The van der Waals surface area contributed by atoms with Gasteiger partial charge in [0.15, 0.2) is 11.6 Å². The number of Topliss-reactive ketones (excluding diaryl/α,β-unsaturated/α-hetero) is 2. The van der Waals surface area contributed by atoms with Crippen molar-refractivity contribution in [1.29, 1.82) is 0 Å². The molecule has 2 aliphatic carbocycles. The highest BCUT2D eigenvalue weighted by Crippen LogP contribution is 2.43. The van der Waals surface area contributed by atoms with Crippen LogP contribution in [0.1, 0.15) is 86.9 Å². The average Bonchev–Trinajstić information content (AvgIpc) is 4.19. The van der Waals surface area contributed by atoms with Gasteiger partial charge in [-0.05, 0) is 94.7 Å². The maximum atomic E-state index is 13.4. The number of nitrogens with zero attached hydrogens (tertiary/aromatic N) is 5. The smallest absolute Gasteiger partial charge is 0.410 e. The zero-order chi connectivity index (χ0) is 49.4. The Labute approximate surface area is 394 Å². The summed E-state index contributed by atoms with van der Waals surface area (Å²) in [7, 11) is 2.76. The van der Waals surface area contributed by atoms with Crippen LogP contribution in [0.3, 0.4) is 0 Å². The number of imidazole rings is 2. The normalized spacial score (nSPS) is 15.4. The zero-order valence-electron chi connectivity index (χ0n) is 38.9. The van der Waals surface area contributed by atoms with Crippen molar-refractivity contribution in [3.63, 3.8) is 0 Å². The highest BCUT2D eigenvalue weighted by molar-refractivity contribution is 6.03. The van der Waals surface area contributed by atoms with Crippen LogP contribution in [0.2, 0.25) is 0 Å². The first-order valence-corrected chi connectivity index (χ1v) is 22.4. The highest BCUT2D eigenvalue weighted by atomic mass is 19.3. The lowest BCUT2D eigenvalue weighted by Crippen LogP contribution is -2.60. The Morgan fingerprint density at radius 2 is 1.17 bits per heavy atom. The van der Waals surface area contributed by atoms with Crippen molar-refractivity contribution in [2.75, 3.05) is 33.9 Å². The highest BCUT2D eigenvalue weighted by Gasteiger charge is 2.44. The van der Waals surface area contributed by atoms with E-state index in [1.54, 1.807) is 50.4 Å². The van der Waals surface area contributed by atoms with E-state index < -0.39 is 24.6 Å². The molecular formula is C50H52F5N5O9. The summed E-state index contributed by atoms with van der Waals surface area (Å²) in [6.07, 6.45) is 10.4. The van der Waals surface area contributed by atoms with Gasteiger partial charge in [0.2, 0.25) is 0 Å². The molecule has 1 saturated heterocycles. The minimum absolute atomic E-state index is 0.0123. The molecule has 1 aliphatic heterocycles. The monoisotopic (exact) mass is 961 g/mol. The Balaban J connectivity index is 0.000000200. The summed E-state index contributed by atoms with van der Waals surface area (Å²) in [5.41, 5.74) is 2.31. The van der Waals surface area contributed by atoms with E-state index in [0.717, 1.165) is 25.7 Å². The van der Waals surface area contributed by atoms with Crippen LogP contribution >= 0.6 is 0 Å². The van der Waals surface area contributed by atoms with Crippen LogP contribution < -0.4 is 23.7 Å². The molecule has 6 aromatic rings. The summed E-state index contributed by atoms with van der Waals surface area (Å²) in [6, 6.07) is 12.1. The fourth-order valence-corrected chi connectivity index (χ4v) is 8.21. The van der Waals surface area contributed by atoms with E-state index >= 15 is 0 Å². The number of carbonyl (C=O) groups excluding carboxylic acids is 3. The lowest BCUT2D eigenvalue weighted by Gasteiger charge is -2.47. The molecule has 5 heterocycles. The van der Waals surface area contributed by atoms with Gasteiger partial charge in [-0.2, -0.15) is 17.6 Å². The molecule has 0 radical (unpaired) electrons. The second kappa shape index (κ2) is 19.6. The minimum Gasteiger partial charge on any atom is -0.496 e. The lowest BCUT2D eigenvalue weighted by molar-refractivity contribution is -0.0509. The van der Waals surface area contributed by atoms with Crippen molar-refractivity contribution in [1.82, 2.24) is 23.7 Å². The average molecular weight is 962 g/mol. The summed E-state index contributed by atoms with van der Waals surface area (Å²) in [6.45, 7) is 2.82. The van der Waals surface area contributed by atoms with Gasteiger partial charge in [0.25, 0.3) is 0 Å². The van der Waals surface area contributed by atoms with Crippen LogP contribution in [0.25, 0.3) is 33.8 Å². The number of likely N-dealkylation sites (tertiary alicyclic amines) is 1.